The highest BCUT2D eigenvalue weighted by atomic mass is 16.5. The van der Waals surface area contributed by atoms with Gasteiger partial charge in [-0.25, -0.2) is 0 Å². The molecule has 0 atom stereocenters. The molecule has 0 aromatic heterocycles. The van der Waals surface area contributed by atoms with Gasteiger partial charge in [0.1, 0.15) is 6.61 Å². The number of ether oxygens (including phenoxy) is 4. The first kappa shape index (κ1) is 16.8. The van der Waals surface area contributed by atoms with Crippen LogP contribution in [0.1, 0.15) is 6.92 Å². The van der Waals surface area contributed by atoms with Gasteiger partial charge in [-0.3, -0.25) is 0 Å². The zero-order valence-electron chi connectivity index (χ0n) is 12.4. The van der Waals surface area contributed by atoms with Gasteiger partial charge in [0.15, 0.2) is 11.5 Å². The van der Waals surface area contributed by atoms with Crippen LogP contribution in [-0.4, -0.2) is 53.2 Å². The van der Waals surface area contributed by atoms with Crippen LogP contribution in [0.25, 0.3) is 0 Å². The van der Waals surface area contributed by atoms with Crippen LogP contribution in [0.4, 0.5) is 0 Å². The zero-order chi connectivity index (χ0) is 14.5. The van der Waals surface area contributed by atoms with Crippen molar-refractivity contribution in [3.63, 3.8) is 0 Å². The van der Waals surface area contributed by atoms with E-state index in [1.54, 1.807) is 7.11 Å². The summed E-state index contributed by atoms with van der Waals surface area (Å²) in [6.45, 7) is 6.71. The van der Waals surface area contributed by atoms with Crippen LogP contribution in [0.2, 0.25) is 0 Å². The van der Waals surface area contributed by atoms with Gasteiger partial charge in [-0.15, -0.1) is 0 Å². The van der Waals surface area contributed by atoms with E-state index in [-0.39, 0.29) is 0 Å². The highest BCUT2D eigenvalue weighted by Gasteiger charge is 2.02. The van der Waals surface area contributed by atoms with Crippen molar-refractivity contribution in [1.29, 1.82) is 0 Å². The summed E-state index contributed by atoms with van der Waals surface area (Å²) in [6, 6.07) is 7.66. The lowest BCUT2D eigenvalue weighted by atomic mass is 10.3. The lowest BCUT2D eigenvalue weighted by Crippen LogP contribution is -2.24. The molecule has 0 aliphatic carbocycles. The van der Waals surface area contributed by atoms with Gasteiger partial charge >= 0.3 is 0 Å². The van der Waals surface area contributed by atoms with Crippen molar-refractivity contribution in [3.8, 4) is 11.5 Å². The fraction of sp³-hybridized carbons (Fsp3) is 0.600. The van der Waals surface area contributed by atoms with Crippen molar-refractivity contribution in [2.45, 2.75) is 6.92 Å². The van der Waals surface area contributed by atoms with Gasteiger partial charge in [0.05, 0.1) is 26.4 Å². The molecule has 0 amide bonds. The molecule has 0 radical (unpaired) electrons. The van der Waals surface area contributed by atoms with Crippen LogP contribution in [0, 0.1) is 0 Å². The molecule has 1 rings (SSSR count). The molecule has 1 aromatic carbocycles. The zero-order valence-corrected chi connectivity index (χ0v) is 12.4. The first-order valence-electron chi connectivity index (χ1n) is 7.00. The van der Waals surface area contributed by atoms with Gasteiger partial charge in [-0.1, -0.05) is 12.1 Å². The molecule has 0 unspecified atom stereocenters. The summed E-state index contributed by atoms with van der Waals surface area (Å²) in [6.07, 6.45) is 0. The molecule has 5 nitrogen and oxygen atoms in total. The van der Waals surface area contributed by atoms with Crippen molar-refractivity contribution in [1.82, 2.24) is 5.32 Å². The Hall–Kier alpha value is -1.30. The molecule has 5 heteroatoms. The van der Waals surface area contributed by atoms with Gasteiger partial charge < -0.3 is 24.3 Å². The third kappa shape index (κ3) is 7.33. The normalized spacial score (nSPS) is 10.5. The molecule has 0 saturated heterocycles. The van der Waals surface area contributed by atoms with Crippen LogP contribution >= 0.6 is 0 Å². The Morgan fingerprint density at radius 2 is 1.60 bits per heavy atom. The molecule has 0 fully saturated rings. The highest BCUT2D eigenvalue weighted by Crippen LogP contribution is 2.26. The summed E-state index contributed by atoms with van der Waals surface area (Å²) in [7, 11) is 1.69. The smallest absolute Gasteiger partial charge is 0.161 e. The van der Waals surface area contributed by atoms with E-state index in [1.165, 1.54) is 0 Å². The van der Waals surface area contributed by atoms with Crippen molar-refractivity contribution >= 4 is 0 Å². The maximum atomic E-state index is 5.64. The SMILES string of the molecule is CCOc1ccccc1OCCOCCNCCOC. The molecule has 20 heavy (non-hydrogen) atoms. The van der Waals surface area contributed by atoms with E-state index in [1.807, 2.05) is 31.2 Å². The Kier molecular flexibility index (Phi) is 9.65. The Balaban J connectivity index is 2.06. The Labute approximate surface area is 121 Å². The van der Waals surface area contributed by atoms with E-state index < -0.39 is 0 Å². The molecule has 114 valence electrons. The molecule has 0 spiro atoms. The second-order valence-electron chi connectivity index (χ2n) is 4.08. The highest BCUT2D eigenvalue weighted by molar-refractivity contribution is 5.39. The molecule has 1 N–H and O–H groups in total. The minimum absolute atomic E-state index is 0.516. The van der Waals surface area contributed by atoms with Crippen LogP contribution in [0.3, 0.4) is 0 Å². The number of hydrogen-bond acceptors (Lipinski definition) is 5. The monoisotopic (exact) mass is 283 g/mol. The number of benzene rings is 1. The lowest BCUT2D eigenvalue weighted by Gasteiger charge is -2.11. The third-order valence-corrected chi connectivity index (χ3v) is 2.54. The molecule has 0 aliphatic rings. The van der Waals surface area contributed by atoms with Crippen LogP contribution in [-0.2, 0) is 9.47 Å². The van der Waals surface area contributed by atoms with Crippen molar-refractivity contribution < 1.29 is 18.9 Å². The second-order valence-corrected chi connectivity index (χ2v) is 4.08. The number of hydrogen-bond donors (Lipinski definition) is 1. The molecule has 1 aromatic rings. The second kappa shape index (κ2) is 11.5. The van der Waals surface area contributed by atoms with E-state index in [0.717, 1.165) is 31.2 Å². The summed E-state index contributed by atoms with van der Waals surface area (Å²) >= 11 is 0. The molecule has 0 bridgehead atoms. The Morgan fingerprint density at radius 3 is 2.30 bits per heavy atom. The van der Waals surface area contributed by atoms with E-state index in [4.69, 9.17) is 18.9 Å². The predicted molar refractivity (Wildman–Crippen MR) is 78.7 cm³/mol. The maximum Gasteiger partial charge on any atom is 0.161 e. The number of methoxy groups -OCH3 is 1. The first-order valence-corrected chi connectivity index (χ1v) is 7.00. The number of nitrogens with one attached hydrogen (secondary N) is 1. The van der Waals surface area contributed by atoms with Gasteiger partial charge in [-0.05, 0) is 19.1 Å². The van der Waals surface area contributed by atoms with E-state index in [9.17, 15) is 0 Å². The minimum atomic E-state index is 0.516. The van der Waals surface area contributed by atoms with Crippen LogP contribution < -0.4 is 14.8 Å². The van der Waals surface area contributed by atoms with Crippen LogP contribution in [0.15, 0.2) is 24.3 Å². The van der Waals surface area contributed by atoms with Gasteiger partial charge in [0.2, 0.25) is 0 Å². The fourth-order valence-electron chi connectivity index (χ4n) is 1.60. The van der Waals surface area contributed by atoms with Gasteiger partial charge in [0, 0.05) is 20.2 Å². The van der Waals surface area contributed by atoms with Crippen LogP contribution in [0.5, 0.6) is 11.5 Å². The number of rotatable bonds is 12. The third-order valence-electron chi connectivity index (χ3n) is 2.54. The Bertz CT molecular complexity index is 346. The molecule has 0 heterocycles. The predicted octanol–water partition coefficient (Wildman–Crippen LogP) is 1.72. The van der Waals surface area contributed by atoms with E-state index in [0.29, 0.717) is 26.4 Å². The van der Waals surface area contributed by atoms with Gasteiger partial charge in [-0.2, -0.15) is 0 Å². The molecular formula is C15H25NO4. The summed E-state index contributed by atoms with van der Waals surface area (Å²) in [4.78, 5) is 0. The summed E-state index contributed by atoms with van der Waals surface area (Å²) < 4.78 is 21.5. The van der Waals surface area contributed by atoms with Gasteiger partial charge in [0.25, 0.3) is 0 Å². The van der Waals surface area contributed by atoms with E-state index in [2.05, 4.69) is 5.32 Å². The standard InChI is InChI=1S/C15H25NO4/c1-3-19-14-6-4-5-7-15(14)20-13-12-18-11-9-16-8-10-17-2/h4-7,16H,3,8-13H2,1-2H3. The Morgan fingerprint density at radius 1 is 0.900 bits per heavy atom. The molecule has 0 aliphatic heterocycles. The first-order chi connectivity index (χ1) is 9.88. The van der Waals surface area contributed by atoms with E-state index >= 15 is 0 Å². The average molecular weight is 283 g/mol. The lowest BCUT2D eigenvalue weighted by molar-refractivity contribution is 0.0989. The van der Waals surface area contributed by atoms with Crippen molar-refractivity contribution in [3.05, 3.63) is 24.3 Å². The van der Waals surface area contributed by atoms with Crippen molar-refractivity contribution in [2.75, 3.05) is 53.2 Å². The summed E-state index contributed by atoms with van der Waals surface area (Å²) in [5.74, 6) is 1.53. The summed E-state index contributed by atoms with van der Waals surface area (Å²) in [5.41, 5.74) is 0. The summed E-state index contributed by atoms with van der Waals surface area (Å²) in [5, 5.41) is 3.21. The van der Waals surface area contributed by atoms with Crippen molar-refractivity contribution in [2.24, 2.45) is 0 Å². The average Bonchev–Trinajstić information content (AvgIpc) is 2.47. The topological polar surface area (TPSA) is 49.0 Å². The molecule has 0 saturated carbocycles. The molecular weight excluding hydrogens is 258 g/mol. The minimum Gasteiger partial charge on any atom is -0.490 e. The number of para-hydroxylation sites is 2. The largest absolute Gasteiger partial charge is 0.490 e. The maximum absolute atomic E-state index is 5.64. The fourth-order valence-corrected chi connectivity index (χ4v) is 1.60. The quantitative estimate of drug-likeness (QED) is 0.592.